The first-order valence-electron chi connectivity index (χ1n) is 11.0. The van der Waals surface area contributed by atoms with E-state index in [0.29, 0.717) is 11.3 Å². The lowest BCUT2D eigenvalue weighted by atomic mass is 10.0. The average Bonchev–Trinajstić information content (AvgIpc) is 3.08. The predicted molar refractivity (Wildman–Crippen MR) is 137 cm³/mol. The van der Waals surface area contributed by atoms with Crippen LogP contribution in [0.1, 0.15) is 15.9 Å². The smallest absolute Gasteiger partial charge is 0.333 e. The minimum atomic E-state index is -1.32. The van der Waals surface area contributed by atoms with Crippen LogP contribution in [0.25, 0.3) is 16.7 Å². The Kier molecular flexibility index (Phi) is 6.85. The summed E-state index contributed by atoms with van der Waals surface area (Å²) in [5.41, 5.74) is 3.06. The second-order valence-corrected chi connectivity index (χ2v) is 8.98. The van der Waals surface area contributed by atoms with Crippen molar-refractivity contribution in [3.8, 4) is 5.69 Å². The molecule has 1 unspecified atom stereocenters. The Labute approximate surface area is 211 Å². The van der Waals surface area contributed by atoms with Crippen molar-refractivity contribution in [1.29, 1.82) is 0 Å². The monoisotopic (exact) mass is 510 g/mol. The van der Waals surface area contributed by atoms with Crippen LogP contribution in [0.5, 0.6) is 0 Å². The highest BCUT2D eigenvalue weighted by molar-refractivity contribution is 6.33. The van der Waals surface area contributed by atoms with Crippen LogP contribution in [-0.2, 0) is 18.3 Å². The highest BCUT2D eigenvalue weighted by atomic mass is 35.5. The molecule has 0 saturated carbocycles. The Morgan fingerprint density at radius 3 is 2.39 bits per heavy atom. The molecule has 0 saturated heterocycles. The number of anilines is 1. The van der Waals surface area contributed by atoms with E-state index in [1.807, 2.05) is 37.2 Å². The summed E-state index contributed by atoms with van der Waals surface area (Å²) in [6.45, 7) is 0. The van der Waals surface area contributed by atoms with E-state index >= 15 is 0 Å². The summed E-state index contributed by atoms with van der Waals surface area (Å²) in [6.07, 6.45) is -0.0515. The van der Waals surface area contributed by atoms with Crippen LogP contribution < -0.4 is 15.9 Å². The molecular formula is C26H24ClFN4O4. The van der Waals surface area contributed by atoms with Crippen molar-refractivity contribution in [3.05, 3.63) is 93.1 Å². The zero-order valence-electron chi connectivity index (χ0n) is 19.8. The van der Waals surface area contributed by atoms with E-state index in [-0.39, 0.29) is 17.1 Å². The van der Waals surface area contributed by atoms with Gasteiger partial charge in [-0.1, -0.05) is 29.8 Å². The molecule has 36 heavy (non-hydrogen) atoms. The fourth-order valence-corrected chi connectivity index (χ4v) is 4.26. The Bertz CT molecular complexity index is 1510. The van der Waals surface area contributed by atoms with Crippen LogP contribution in [0.15, 0.2) is 65.5 Å². The Morgan fingerprint density at radius 2 is 1.78 bits per heavy atom. The molecule has 1 amide bonds. The minimum Gasteiger partial charge on any atom is -0.480 e. The minimum absolute atomic E-state index is 0.0515. The van der Waals surface area contributed by atoms with Gasteiger partial charge >= 0.3 is 11.7 Å². The van der Waals surface area contributed by atoms with Gasteiger partial charge in [0, 0.05) is 33.3 Å². The largest absolute Gasteiger partial charge is 0.480 e. The second-order valence-electron chi connectivity index (χ2n) is 8.58. The van der Waals surface area contributed by atoms with E-state index < -0.39 is 29.3 Å². The maximum absolute atomic E-state index is 14.1. The number of fused-ring (bicyclic) bond motifs is 1. The van der Waals surface area contributed by atoms with Crippen molar-refractivity contribution >= 4 is 40.2 Å². The van der Waals surface area contributed by atoms with Crippen molar-refractivity contribution in [2.45, 2.75) is 12.5 Å². The number of aromatic nitrogens is 2. The Morgan fingerprint density at radius 1 is 1.08 bits per heavy atom. The van der Waals surface area contributed by atoms with E-state index in [0.717, 1.165) is 22.8 Å². The second kappa shape index (κ2) is 9.87. The highest BCUT2D eigenvalue weighted by Crippen LogP contribution is 2.23. The number of imidazole rings is 1. The summed E-state index contributed by atoms with van der Waals surface area (Å²) in [5.74, 6) is -3.03. The maximum Gasteiger partial charge on any atom is 0.333 e. The van der Waals surface area contributed by atoms with Crippen LogP contribution in [0.2, 0.25) is 5.02 Å². The summed E-state index contributed by atoms with van der Waals surface area (Å²) in [5, 5.41) is 11.9. The van der Waals surface area contributed by atoms with E-state index in [4.69, 9.17) is 11.6 Å². The number of nitrogens with one attached hydrogen (secondary N) is 1. The summed E-state index contributed by atoms with van der Waals surface area (Å²) >= 11 is 5.92. The first-order valence-corrected chi connectivity index (χ1v) is 11.4. The van der Waals surface area contributed by atoms with Gasteiger partial charge in [0.2, 0.25) is 0 Å². The fraction of sp³-hybridized carbons (Fsp3) is 0.192. The lowest BCUT2D eigenvalue weighted by Crippen LogP contribution is -2.42. The van der Waals surface area contributed by atoms with Gasteiger partial charge < -0.3 is 15.3 Å². The number of halogens is 2. The first-order chi connectivity index (χ1) is 17.1. The van der Waals surface area contributed by atoms with Gasteiger partial charge in [-0.05, 0) is 48.0 Å². The molecule has 3 aromatic carbocycles. The number of hydrogen-bond acceptors (Lipinski definition) is 4. The molecule has 0 aliphatic carbocycles. The normalized spacial score (nSPS) is 11.9. The number of aliphatic carboxylic acids is 1. The number of amides is 1. The molecule has 186 valence electrons. The quantitative estimate of drug-likeness (QED) is 0.396. The number of hydrogen-bond donors (Lipinski definition) is 2. The van der Waals surface area contributed by atoms with E-state index in [2.05, 4.69) is 5.32 Å². The van der Waals surface area contributed by atoms with E-state index in [1.54, 1.807) is 40.4 Å². The van der Waals surface area contributed by atoms with Crippen LogP contribution in [-0.4, -0.2) is 46.3 Å². The van der Waals surface area contributed by atoms with E-state index in [1.165, 1.54) is 12.1 Å². The number of carboxylic acids is 1. The lowest BCUT2D eigenvalue weighted by Gasteiger charge is -2.16. The lowest BCUT2D eigenvalue weighted by molar-refractivity contribution is -0.139. The maximum atomic E-state index is 14.1. The van der Waals surface area contributed by atoms with Gasteiger partial charge in [-0.25, -0.2) is 14.0 Å². The molecule has 4 rings (SSSR count). The number of carboxylic acid groups (broad SMARTS) is 1. The molecule has 0 fully saturated rings. The molecule has 1 atom stereocenters. The Hall–Kier alpha value is -4.11. The van der Waals surface area contributed by atoms with Crippen molar-refractivity contribution in [1.82, 2.24) is 14.5 Å². The third kappa shape index (κ3) is 4.70. The third-order valence-corrected chi connectivity index (χ3v) is 6.30. The van der Waals surface area contributed by atoms with Crippen molar-refractivity contribution < 1.29 is 19.1 Å². The molecule has 1 aromatic heterocycles. The van der Waals surface area contributed by atoms with Gasteiger partial charge in [0.15, 0.2) is 0 Å². The number of aryl methyl sites for hydroxylation is 1. The highest BCUT2D eigenvalue weighted by Gasteiger charge is 2.24. The van der Waals surface area contributed by atoms with Gasteiger partial charge in [0.05, 0.1) is 27.3 Å². The number of benzene rings is 3. The molecule has 0 radical (unpaired) electrons. The van der Waals surface area contributed by atoms with E-state index in [9.17, 15) is 23.9 Å². The summed E-state index contributed by atoms with van der Waals surface area (Å²) in [7, 11) is 5.55. The van der Waals surface area contributed by atoms with Crippen LogP contribution in [0.3, 0.4) is 0 Å². The standard InChI is InChI=1S/C26H24ClFN4O4/c1-30(2)17-11-12-21-22(14-17)31(3)26(36)32(21)16-9-7-15(8-10-16)13-20(25(34)35)29-24(33)23-18(27)5-4-6-19(23)28/h4-12,14,20H,13H2,1-3H3,(H,29,33)(H,34,35). The zero-order valence-corrected chi connectivity index (χ0v) is 20.6. The van der Waals surface area contributed by atoms with Gasteiger partial charge in [0.25, 0.3) is 5.91 Å². The zero-order chi connectivity index (χ0) is 26.1. The predicted octanol–water partition coefficient (Wildman–Crippen LogP) is 3.61. The fourth-order valence-electron chi connectivity index (χ4n) is 4.02. The van der Waals surface area contributed by atoms with Gasteiger partial charge in [-0.2, -0.15) is 0 Å². The molecule has 8 nitrogen and oxygen atoms in total. The molecule has 10 heteroatoms. The average molecular weight is 511 g/mol. The van der Waals surface area contributed by atoms with Crippen LogP contribution in [0.4, 0.5) is 10.1 Å². The number of carbonyl (C=O) groups excluding carboxylic acids is 1. The molecule has 1 heterocycles. The van der Waals surface area contributed by atoms with Crippen molar-refractivity contribution in [2.75, 3.05) is 19.0 Å². The van der Waals surface area contributed by atoms with Crippen molar-refractivity contribution in [2.24, 2.45) is 7.05 Å². The van der Waals surface area contributed by atoms with Gasteiger partial charge in [0.1, 0.15) is 11.9 Å². The SMILES string of the molecule is CN(C)c1ccc2c(c1)n(C)c(=O)n2-c1ccc(CC(NC(=O)c2c(F)cccc2Cl)C(=O)O)cc1. The molecule has 0 aliphatic rings. The molecule has 2 N–H and O–H groups in total. The number of rotatable bonds is 7. The molecule has 0 aliphatic heterocycles. The molecule has 4 aromatic rings. The third-order valence-electron chi connectivity index (χ3n) is 5.98. The topological polar surface area (TPSA) is 96.6 Å². The number of carbonyl (C=O) groups is 2. The summed E-state index contributed by atoms with van der Waals surface area (Å²) in [4.78, 5) is 39.3. The van der Waals surface area contributed by atoms with Crippen molar-refractivity contribution in [3.63, 3.8) is 0 Å². The van der Waals surface area contributed by atoms with Crippen LogP contribution in [0, 0.1) is 5.82 Å². The van der Waals surface area contributed by atoms with Gasteiger partial charge in [-0.15, -0.1) is 0 Å². The van der Waals surface area contributed by atoms with Gasteiger partial charge in [-0.3, -0.25) is 13.9 Å². The molecular weight excluding hydrogens is 487 g/mol. The summed E-state index contributed by atoms with van der Waals surface area (Å²) in [6, 6.07) is 15.0. The first kappa shape index (κ1) is 25.0. The Balaban J connectivity index is 1.59. The molecule has 0 bridgehead atoms. The van der Waals surface area contributed by atoms with Crippen LogP contribution >= 0.6 is 11.6 Å². The summed E-state index contributed by atoms with van der Waals surface area (Å²) < 4.78 is 17.2. The molecule has 0 spiro atoms. The number of nitrogens with zero attached hydrogens (tertiary/aromatic N) is 3.